The van der Waals surface area contributed by atoms with Crippen LogP contribution in [0.15, 0.2) is 42.5 Å². The lowest BCUT2D eigenvalue weighted by Gasteiger charge is -2.20. The first-order valence-corrected chi connectivity index (χ1v) is 7.71. The van der Waals surface area contributed by atoms with Crippen LogP contribution in [0.3, 0.4) is 0 Å². The Morgan fingerprint density at radius 3 is 2.56 bits per heavy atom. The number of carboxylic acid groups (broad SMARTS) is 1. The van der Waals surface area contributed by atoms with Gasteiger partial charge in [0.25, 0.3) is 0 Å². The van der Waals surface area contributed by atoms with Crippen molar-refractivity contribution in [2.24, 2.45) is 0 Å². The molecule has 0 saturated carbocycles. The molecule has 0 aliphatic carbocycles. The molecule has 3 nitrogen and oxygen atoms in total. The molecule has 1 atom stereocenters. The predicted octanol–water partition coefficient (Wildman–Crippen LogP) is 4.54. The molecule has 0 amide bonds. The van der Waals surface area contributed by atoms with E-state index < -0.39 is 29.1 Å². The third-order valence-electron chi connectivity index (χ3n) is 4.43. The van der Waals surface area contributed by atoms with E-state index in [1.165, 1.54) is 24.3 Å². The van der Waals surface area contributed by atoms with Crippen LogP contribution in [0.5, 0.6) is 0 Å². The summed E-state index contributed by atoms with van der Waals surface area (Å²) in [5.74, 6) is -2.38. The van der Waals surface area contributed by atoms with Crippen molar-refractivity contribution in [1.82, 2.24) is 0 Å². The largest absolute Gasteiger partial charge is 0.478 e. The Morgan fingerprint density at radius 2 is 1.88 bits per heavy atom. The number of halogens is 4. The van der Waals surface area contributed by atoms with Crippen LogP contribution in [0.1, 0.15) is 33.8 Å². The number of carbonyl (C=O) groups is 1. The molecule has 2 aromatic carbocycles. The smallest absolute Gasteiger partial charge is 0.416 e. The van der Waals surface area contributed by atoms with Crippen molar-refractivity contribution in [3.05, 3.63) is 65.0 Å². The van der Waals surface area contributed by atoms with Crippen LogP contribution >= 0.6 is 0 Å². The van der Waals surface area contributed by atoms with E-state index in [1.807, 2.05) is 0 Å². The summed E-state index contributed by atoms with van der Waals surface area (Å²) >= 11 is 0. The molecule has 1 aliphatic heterocycles. The average Bonchev–Trinajstić information content (AvgIpc) is 3.04. The number of rotatable bonds is 3. The van der Waals surface area contributed by atoms with Gasteiger partial charge in [0, 0.05) is 24.7 Å². The summed E-state index contributed by atoms with van der Waals surface area (Å²) in [6.45, 7) is 0.810. The summed E-state index contributed by atoms with van der Waals surface area (Å²) in [5, 5.41) is 9.01. The minimum atomic E-state index is -4.42. The highest BCUT2D eigenvalue weighted by Gasteiger charge is 2.32. The van der Waals surface area contributed by atoms with Crippen molar-refractivity contribution >= 4 is 11.7 Å². The Hall–Kier alpha value is -2.57. The second-order valence-electron chi connectivity index (χ2n) is 5.99. The summed E-state index contributed by atoms with van der Waals surface area (Å²) in [5.41, 5.74) is -0.413. The van der Waals surface area contributed by atoms with Gasteiger partial charge >= 0.3 is 12.1 Å². The van der Waals surface area contributed by atoms with Gasteiger partial charge in [0.05, 0.1) is 11.1 Å². The number of carboxylic acids is 1. The Labute approximate surface area is 141 Å². The lowest BCUT2D eigenvalue weighted by atomic mass is 9.96. The Bertz CT molecular complexity index is 804. The lowest BCUT2D eigenvalue weighted by molar-refractivity contribution is -0.137. The molecule has 7 heteroatoms. The predicted molar refractivity (Wildman–Crippen MR) is 84.4 cm³/mol. The van der Waals surface area contributed by atoms with Gasteiger partial charge < -0.3 is 10.0 Å². The van der Waals surface area contributed by atoms with E-state index in [1.54, 1.807) is 11.0 Å². The van der Waals surface area contributed by atoms with Crippen LogP contribution in [0, 0.1) is 5.82 Å². The molecule has 3 rings (SSSR count). The fourth-order valence-corrected chi connectivity index (χ4v) is 3.16. The fourth-order valence-electron chi connectivity index (χ4n) is 3.16. The van der Waals surface area contributed by atoms with Crippen LogP contribution in [0.4, 0.5) is 23.2 Å². The second-order valence-corrected chi connectivity index (χ2v) is 5.99. The number of hydrogen-bond acceptors (Lipinski definition) is 2. The molecule has 1 N–H and O–H groups in total. The van der Waals surface area contributed by atoms with E-state index >= 15 is 0 Å². The van der Waals surface area contributed by atoms with Crippen LogP contribution in [0.2, 0.25) is 0 Å². The summed E-state index contributed by atoms with van der Waals surface area (Å²) in [6, 6.07) is 9.22. The number of anilines is 1. The summed E-state index contributed by atoms with van der Waals surface area (Å²) in [6.07, 6.45) is -3.88. The van der Waals surface area contributed by atoms with E-state index in [9.17, 15) is 22.4 Å². The van der Waals surface area contributed by atoms with Gasteiger partial charge in [-0.1, -0.05) is 18.2 Å². The standard InChI is InChI=1S/C18H15F4NO2/c19-16-14(5-2-6-15(16)17(24)25)11-7-8-23(10-11)13-4-1-3-12(9-13)18(20,21)22/h1-6,9,11H,7-8,10H2,(H,24,25). The monoisotopic (exact) mass is 353 g/mol. The van der Waals surface area contributed by atoms with Crippen LogP contribution in [0.25, 0.3) is 0 Å². The zero-order valence-corrected chi connectivity index (χ0v) is 13.1. The minimum absolute atomic E-state index is 0.270. The van der Waals surface area contributed by atoms with E-state index in [2.05, 4.69) is 0 Å². The van der Waals surface area contributed by atoms with E-state index in [0.29, 0.717) is 25.2 Å². The first-order chi connectivity index (χ1) is 11.8. The van der Waals surface area contributed by atoms with Gasteiger partial charge in [-0.2, -0.15) is 13.2 Å². The maximum Gasteiger partial charge on any atom is 0.416 e. The van der Waals surface area contributed by atoms with Gasteiger partial charge in [0.15, 0.2) is 0 Å². The van der Waals surface area contributed by atoms with Crippen molar-refractivity contribution in [3.8, 4) is 0 Å². The Balaban J connectivity index is 1.83. The van der Waals surface area contributed by atoms with Crippen molar-refractivity contribution in [2.45, 2.75) is 18.5 Å². The summed E-state index contributed by atoms with van der Waals surface area (Å²) in [4.78, 5) is 12.8. The molecular formula is C18H15F4NO2. The molecule has 1 fully saturated rings. The molecule has 132 valence electrons. The molecule has 1 saturated heterocycles. The van der Waals surface area contributed by atoms with Gasteiger partial charge in [-0.15, -0.1) is 0 Å². The number of alkyl halides is 3. The van der Waals surface area contributed by atoms with E-state index in [4.69, 9.17) is 5.11 Å². The van der Waals surface area contributed by atoms with Gasteiger partial charge in [0.2, 0.25) is 0 Å². The number of hydrogen-bond donors (Lipinski definition) is 1. The first kappa shape index (κ1) is 17.3. The SMILES string of the molecule is O=C(O)c1cccc(C2CCN(c3cccc(C(F)(F)F)c3)C2)c1F. The molecule has 25 heavy (non-hydrogen) atoms. The topological polar surface area (TPSA) is 40.5 Å². The number of nitrogens with zero attached hydrogens (tertiary/aromatic N) is 1. The van der Waals surface area contributed by atoms with Crippen LogP contribution < -0.4 is 4.90 Å². The van der Waals surface area contributed by atoms with E-state index in [-0.39, 0.29) is 11.5 Å². The van der Waals surface area contributed by atoms with Crippen molar-refractivity contribution in [1.29, 1.82) is 0 Å². The quantitative estimate of drug-likeness (QED) is 0.824. The maximum absolute atomic E-state index is 14.4. The highest BCUT2D eigenvalue weighted by atomic mass is 19.4. The molecule has 1 unspecified atom stereocenters. The maximum atomic E-state index is 14.4. The van der Waals surface area contributed by atoms with Gasteiger partial charge in [-0.05, 0) is 36.2 Å². The van der Waals surface area contributed by atoms with E-state index in [0.717, 1.165) is 12.1 Å². The van der Waals surface area contributed by atoms with Crippen molar-refractivity contribution in [2.75, 3.05) is 18.0 Å². The molecule has 2 aromatic rings. The zero-order chi connectivity index (χ0) is 18.2. The summed E-state index contributed by atoms with van der Waals surface area (Å²) < 4.78 is 52.9. The number of benzene rings is 2. The third-order valence-corrected chi connectivity index (χ3v) is 4.43. The first-order valence-electron chi connectivity index (χ1n) is 7.71. The van der Waals surface area contributed by atoms with Gasteiger partial charge in [0.1, 0.15) is 5.82 Å². The third kappa shape index (κ3) is 3.45. The minimum Gasteiger partial charge on any atom is -0.478 e. The molecule has 0 spiro atoms. The highest BCUT2D eigenvalue weighted by molar-refractivity contribution is 5.88. The molecule has 1 aliphatic rings. The van der Waals surface area contributed by atoms with Crippen molar-refractivity contribution < 1.29 is 27.5 Å². The normalized spacial score (nSPS) is 17.8. The molecule has 0 aromatic heterocycles. The van der Waals surface area contributed by atoms with Crippen molar-refractivity contribution in [3.63, 3.8) is 0 Å². The number of aromatic carboxylic acids is 1. The molecular weight excluding hydrogens is 338 g/mol. The van der Waals surface area contributed by atoms with Gasteiger partial charge in [-0.3, -0.25) is 0 Å². The lowest BCUT2D eigenvalue weighted by Crippen LogP contribution is -2.20. The Kier molecular flexibility index (Phi) is 4.41. The van der Waals surface area contributed by atoms with Crippen LogP contribution in [-0.2, 0) is 6.18 Å². The molecule has 1 heterocycles. The summed E-state index contributed by atoms with van der Waals surface area (Å²) in [7, 11) is 0. The highest BCUT2D eigenvalue weighted by Crippen LogP contribution is 2.36. The molecule has 0 bridgehead atoms. The zero-order valence-electron chi connectivity index (χ0n) is 13.1. The van der Waals surface area contributed by atoms with Gasteiger partial charge in [-0.25, -0.2) is 9.18 Å². The molecule has 0 radical (unpaired) electrons. The average molecular weight is 353 g/mol. The van der Waals surface area contributed by atoms with Crippen LogP contribution in [-0.4, -0.2) is 24.2 Å². The second kappa shape index (κ2) is 6.38. The Morgan fingerprint density at radius 1 is 1.16 bits per heavy atom. The fraction of sp³-hybridized carbons (Fsp3) is 0.278.